The Kier molecular flexibility index (Phi) is 4.64. The number of anilines is 1. The maximum Gasteiger partial charge on any atom is 0.418 e. The Bertz CT molecular complexity index is 553. The van der Waals surface area contributed by atoms with Crippen molar-refractivity contribution in [1.82, 2.24) is 0 Å². The van der Waals surface area contributed by atoms with Crippen LogP contribution in [0.1, 0.15) is 12.5 Å². The first kappa shape index (κ1) is 17.8. The molecule has 1 aromatic carbocycles. The lowest BCUT2D eigenvalue weighted by atomic mass is 10.0. The maximum absolute atomic E-state index is 12.8. The molecule has 0 saturated carbocycles. The molecule has 1 atom stereocenters. The summed E-state index contributed by atoms with van der Waals surface area (Å²) >= 11 is 2.81. The topological polar surface area (TPSA) is 55.1 Å². The van der Waals surface area contributed by atoms with Gasteiger partial charge in [0, 0.05) is 4.47 Å². The summed E-state index contributed by atoms with van der Waals surface area (Å²) in [4.78, 5) is 11.5. The normalized spacial score (nSPS) is 15.5. The summed E-state index contributed by atoms with van der Waals surface area (Å²) in [5.74, 6) is -1.79. The third-order valence-corrected chi connectivity index (χ3v) is 3.09. The van der Waals surface area contributed by atoms with Crippen LogP contribution in [0.3, 0.4) is 0 Å². The predicted molar refractivity (Wildman–Crippen MR) is 66.4 cm³/mol. The minimum absolute atomic E-state index is 0.0548. The Morgan fingerprint density at radius 3 is 2.14 bits per heavy atom. The van der Waals surface area contributed by atoms with Crippen molar-refractivity contribution in [2.75, 3.05) is 5.32 Å². The van der Waals surface area contributed by atoms with Crippen molar-refractivity contribution in [2.45, 2.75) is 24.8 Å². The number of amides is 1. The number of carbonyl (C=O) groups excluding carboxylic acids is 1. The van der Waals surface area contributed by atoms with Crippen LogP contribution in [0, 0.1) is 0 Å². The van der Waals surface area contributed by atoms with E-state index in [1.165, 1.54) is 0 Å². The highest BCUT2D eigenvalue weighted by Crippen LogP contribution is 2.37. The van der Waals surface area contributed by atoms with Crippen molar-refractivity contribution < 1.29 is 31.1 Å². The molecule has 0 radical (unpaired) electrons. The van der Waals surface area contributed by atoms with Gasteiger partial charge in [0.25, 0.3) is 5.91 Å². The number of alkyl halides is 6. The second-order valence-electron chi connectivity index (χ2n) is 4.34. The highest BCUT2D eigenvalue weighted by Gasteiger charge is 2.54. The van der Waals surface area contributed by atoms with E-state index in [1.54, 1.807) is 5.32 Å². The third-order valence-electron chi connectivity index (χ3n) is 2.60. The van der Waals surface area contributed by atoms with Crippen LogP contribution in [-0.4, -0.2) is 17.6 Å². The molecule has 1 amide bonds. The van der Waals surface area contributed by atoms with Crippen LogP contribution < -0.4 is 11.1 Å². The summed E-state index contributed by atoms with van der Waals surface area (Å²) in [6.07, 6.45) is -9.96. The van der Waals surface area contributed by atoms with Gasteiger partial charge >= 0.3 is 12.4 Å². The molecule has 0 fully saturated rings. The summed E-state index contributed by atoms with van der Waals surface area (Å²) in [6, 6.07) is 2.61. The first-order valence-electron chi connectivity index (χ1n) is 5.30. The SMILES string of the molecule is CC(N)(C(=O)Nc1ccc(Br)cc1C(F)(F)F)C(F)(F)F. The fourth-order valence-corrected chi connectivity index (χ4v) is 1.60. The molecule has 0 spiro atoms. The minimum Gasteiger partial charge on any atom is -0.324 e. The van der Waals surface area contributed by atoms with Crippen LogP contribution in [0.4, 0.5) is 32.0 Å². The highest BCUT2D eigenvalue weighted by atomic mass is 79.9. The smallest absolute Gasteiger partial charge is 0.324 e. The van der Waals surface area contributed by atoms with Gasteiger partial charge in [-0.1, -0.05) is 15.9 Å². The molecule has 0 bridgehead atoms. The molecule has 0 aliphatic heterocycles. The van der Waals surface area contributed by atoms with E-state index in [9.17, 15) is 31.1 Å². The van der Waals surface area contributed by atoms with E-state index in [0.717, 1.165) is 12.1 Å². The van der Waals surface area contributed by atoms with E-state index in [2.05, 4.69) is 15.9 Å². The van der Waals surface area contributed by atoms with E-state index in [0.29, 0.717) is 13.0 Å². The first-order chi connectivity index (χ1) is 9.26. The van der Waals surface area contributed by atoms with Gasteiger partial charge in [-0.25, -0.2) is 0 Å². The Morgan fingerprint density at radius 1 is 1.19 bits per heavy atom. The van der Waals surface area contributed by atoms with Crippen molar-refractivity contribution in [3.05, 3.63) is 28.2 Å². The van der Waals surface area contributed by atoms with E-state index in [-0.39, 0.29) is 4.47 Å². The monoisotopic (exact) mass is 378 g/mol. The predicted octanol–water partition coefficient (Wildman–Crippen LogP) is 3.69. The molecule has 118 valence electrons. The molecule has 1 aromatic rings. The van der Waals surface area contributed by atoms with Gasteiger partial charge in [0.15, 0.2) is 5.54 Å². The zero-order valence-electron chi connectivity index (χ0n) is 10.4. The number of nitrogens with one attached hydrogen (secondary N) is 1. The molecule has 0 saturated heterocycles. The second-order valence-corrected chi connectivity index (χ2v) is 5.26. The number of rotatable bonds is 2. The summed E-state index contributed by atoms with van der Waals surface area (Å²) in [5, 5.41) is 1.57. The van der Waals surface area contributed by atoms with Gasteiger partial charge in [0.05, 0.1) is 11.3 Å². The number of nitrogens with two attached hydrogens (primary N) is 1. The summed E-state index contributed by atoms with van der Waals surface area (Å²) in [5.41, 5.74) is -0.567. The fourth-order valence-electron chi connectivity index (χ4n) is 1.24. The zero-order valence-corrected chi connectivity index (χ0v) is 11.9. The molecular weight excluding hydrogens is 370 g/mol. The van der Waals surface area contributed by atoms with Gasteiger partial charge in [-0.2, -0.15) is 26.3 Å². The average Bonchev–Trinajstić information content (AvgIpc) is 2.28. The number of benzene rings is 1. The van der Waals surface area contributed by atoms with E-state index in [1.807, 2.05) is 0 Å². The molecule has 0 aliphatic carbocycles. The first-order valence-corrected chi connectivity index (χ1v) is 6.10. The molecule has 1 rings (SSSR count). The van der Waals surface area contributed by atoms with Crippen molar-refractivity contribution in [2.24, 2.45) is 5.73 Å². The number of halogens is 7. The van der Waals surface area contributed by atoms with E-state index in [4.69, 9.17) is 5.73 Å². The molecule has 3 N–H and O–H groups in total. The molecule has 1 unspecified atom stereocenters. The lowest BCUT2D eigenvalue weighted by Crippen LogP contribution is -2.59. The Hall–Kier alpha value is -1.29. The molecular formula is C11H9BrF6N2O. The van der Waals surface area contributed by atoms with Gasteiger partial charge in [0.1, 0.15) is 0 Å². The van der Waals surface area contributed by atoms with Crippen molar-refractivity contribution in [1.29, 1.82) is 0 Å². The van der Waals surface area contributed by atoms with Gasteiger partial charge in [-0.15, -0.1) is 0 Å². The van der Waals surface area contributed by atoms with Crippen molar-refractivity contribution in [3.63, 3.8) is 0 Å². The van der Waals surface area contributed by atoms with Crippen molar-refractivity contribution >= 4 is 27.5 Å². The van der Waals surface area contributed by atoms with Crippen molar-refractivity contribution in [3.8, 4) is 0 Å². The van der Waals surface area contributed by atoms with Gasteiger partial charge < -0.3 is 11.1 Å². The molecule has 21 heavy (non-hydrogen) atoms. The standard InChI is InChI=1S/C11H9BrF6N2O/c1-9(19,11(16,17)18)8(21)20-7-3-2-5(12)4-6(7)10(13,14)15/h2-4H,19H2,1H3,(H,20,21). The molecule has 10 heteroatoms. The van der Waals surface area contributed by atoms with E-state index >= 15 is 0 Å². The largest absolute Gasteiger partial charge is 0.418 e. The summed E-state index contributed by atoms with van der Waals surface area (Å²) in [7, 11) is 0. The van der Waals surface area contributed by atoms with Crippen LogP contribution in [0.2, 0.25) is 0 Å². The zero-order chi connectivity index (χ0) is 16.6. The molecule has 0 heterocycles. The quantitative estimate of drug-likeness (QED) is 0.771. The van der Waals surface area contributed by atoms with Crippen LogP contribution in [0.5, 0.6) is 0 Å². The second kappa shape index (κ2) is 5.48. The average molecular weight is 379 g/mol. The van der Waals surface area contributed by atoms with Gasteiger partial charge in [-0.3, -0.25) is 4.79 Å². The number of hydrogen-bond donors (Lipinski definition) is 2. The van der Waals surface area contributed by atoms with Gasteiger partial charge in [-0.05, 0) is 25.1 Å². The molecule has 0 aliphatic rings. The van der Waals surface area contributed by atoms with Crippen LogP contribution in [0.25, 0.3) is 0 Å². The number of carbonyl (C=O) groups is 1. The third kappa shape index (κ3) is 3.88. The molecule has 3 nitrogen and oxygen atoms in total. The van der Waals surface area contributed by atoms with Crippen LogP contribution in [-0.2, 0) is 11.0 Å². The van der Waals surface area contributed by atoms with Gasteiger partial charge in [0.2, 0.25) is 0 Å². The minimum atomic E-state index is -5.11. The highest BCUT2D eigenvalue weighted by molar-refractivity contribution is 9.10. The lowest BCUT2D eigenvalue weighted by molar-refractivity contribution is -0.184. The summed E-state index contributed by atoms with van der Waals surface area (Å²) in [6.45, 7) is 0.369. The fraction of sp³-hybridized carbons (Fsp3) is 0.364. The van der Waals surface area contributed by atoms with E-state index < -0.39 is 35.0 Å². The Balaban J connectivity index is 3.18. The molecule has 0 aromatic heterocycles. The van der Waals surface area contributed by atoms with Crippen LogP contribution >= 0.6 is 15.9 Å². The number of hydrogen-bond acceptors (Lipinski definition) is 2. The summed E-state index contributed by atoms with van der Waals surface area (Å²) < 4.78 is 76.1. The van der Waals surface area contributed by atoms with Crippen LogP contribution in [0.15, 0.2) is 22.7 Å². The lowest BCUT2D eigenvalue weighted by Gasteiger charge is -2.26. The maximum atomic E-state index is 12.8. The Labute approximate surface area is 123 Å². The Morgan fingerprint density at radius 2 is 1.71 bits per heavy atom.